The third-order valence-electron chi connectivity index (χ3n) is 3.43. The lowest BCUT2D eigenvalue weighted by atomic mass is 9.83. The van der Waals surface area contributed by atoms with E-state index in [0.29, 0.717) is 12.8 Å². The van der Waals surface area contributed by atoms with Crippen molar-refractivity contribution in [3.8, 4) is 0 Å². The second-order valence-electron chi connectivity index (χ2n) is 4.98. The average Bonchev–Trinajstić information content (AvgIpc) is 2.46. The molecule has 110 valence electrons. The summed E-state index contributed by atoms with van der Waals surface area (Å²) in [5.41, 5.74) is 1.23. The first-order valence-corrected chi connectivity index (χ1v) is 6.80. The van der Waals surface area contributed by atoms with Crippen molar-refractivity contribution in [2.75, 3.05) is 6.54 Å². The molecule has 0 heterocycles. The number of rotatable bonds is 5. The minimum atomic E-state index is -0.940. The van der Waals surface area contributed by atoms with E-state index in [1.165, 1.54) is 6.21 Å². The zero-order valence-electron chi connectivity index (χ0n) is 11.5. The highest BCUT2D eigenvalue weighted by molar-refractivity contribution is 6.14. The Morgan fingerprint density at radius 1 is 1.29 bits per heavy atom. The van der Waals surface area contributed by atoms with E-state index in [9.17, 15) is 14.7 Å². The first kappa shape index (κ1) is 15.0. The number of ketones is 1. The molecule has 1 atom stereocenters. The molecule has 0 spiro atoms. The van der Waals surface area contributed by atoms with Gasteiger partial charge in [0.15, 0.2) is 5.78 Å². The molecule has 0 aromatic heterocycles. The molecule has 2 N–H and O–H groups in total. The number of benzene rings is 1. The third kappa shape index (κ3) is 4.02. The number of hydrogen-bond acceptors (Lipinski definition) is 4. The van der Waals surface area contributed by atoms with Crippen LogP contribution >= 0.6 is 0 Å². The van der Waals surface area contributed by atoms with Gasteiger partial charge in [0.25, 0.3) is 0 Å². The number of aliphatic carboxylic acids is 1. The molecule has 1 aliphatic rings. The predicted molar refractivity (Wildman–Crippen MR) is 78.7 cm³/mol. The Bertz CT molecular complexity index is 590. The molecule has 0 saturated carbocycles. The summed E-state index contributed by atoms with van der Waals surface area (Å²) in [6.07, 6.45) is 1.93. The summed E-state index contributed by atoms with van der Waals surface area (Å²) in [6, 6.07) is 9.60. The number of aliphatic hydroxyl groups excluding tert-OH is 1. The Hall–Kier alpha value is -2.43. The van der Waals surface area contributed by atoms with E-state index in [0.717, 1.165) is 5.56 Å². The van der Waals surface area contributed by atoms with E-state index in [4.69, 9.17) is 5.11 Å². The lowest BCUT2D eigenvalue weighted by Gasteiger charge is -2.22. The van der Waals surface area contributed by atoms with E-state index in [1.54, 1.807) is 0 Å². The van der Waals surface area contributed by atoms with Crippen LogP contribution in [0.25, 0.3) is 0 Å². The van der Waals surface area contributed by atoms with Gasteiger partial charge in [-0.15, -0.1) is 0 Å². The fourth-order valence-corrected chi connectivity index (χ4v) is 2.33. The molecule has 0 bridgehead atoms. The molecular weight excluding hydrogens is 270 g/mol. The summed E-state index contributed by atoms with van der Waals surface area (Å²) in [7, 11) is 0. The number of allylic oxidation sites excluding steroid dienone is 2. The van der Waals surface area contributed by atoms with Crippen LogP contribution in [-0.2, 0) is 9.59 Å². The van der Waals surface area contributed by atoms with Crippen LogP contribution in [0, 0.1) is 0 Å². The third-order valence-corrected chi connectivity index (χ3v) is 3.43. The lowest BCUT2D eigenvalue weighted by molar-refractivity contribution is -0.136. The van der Waals surface area contributed by atoms with Gasteiger partial charge < -0.3 is 10.2 Å². The standard InChI is InChI=1S/C16H17NO4/c18-14-8-12(11-4-2-1-3-5-11)9-15(19)13(14)10-17-7-6-16(20)21/h1-5,10,12,18H,6-9H2,(H,20,21). The number of carboxylic acid groups (broad SMARTS) is 1. The SMILES string of the molecule is O=C(O)CCN=CC1=C(O)CC(c2ccccc2)CC1=O. The van der Waals surface area contributed by atoms with Gasteiger partial charge in [0.2, 0.25) is 0 Å². The number of Topliss-reactive ketones (excluding diaryl/α,β-unsaturated/α-hetero) is 1. The van der Waals surface area contributed by atoms with Gasteiger partial charge in [0.05, 0.1) is 12.0 Å². The summed E-state index contributed by atoms with van der Waals surface area (Å²) in [5.74, 6) is -1.09. The van der Waals surface area contributed by atoms with E-state index in [1.807, 2.05) is 30.3 Å². The van der Waals surface area contributed by atoms with Crippen LogP contribution < -0.4 is 0 Å². The maximum Gasteiger partial charge on any atom is 0.305 e. The van der Waals surface area contributed by atoms with E-state index < -0.39 is 5.97 Å². The molecule has 1 unspecified atom stereocenters. The summed E-state index contributed by atoms with van der Waals surface area (Å²) in [4.78, 5) is 26.4. The van der Waals surface area contributed by atoms with Gasteiger partial charge in [0.1, 0.15) is 5.76 Å². The number of carbonyl (C=O) groups excluding carboxylic acids is 1. The first-order valence-electron chi connectivity index (χ1n) is 6.80. The van der Waals surface area contributed by atoms with Gasteiger partial charge in [-0.3, -0.25) is 14.6 Å². The molecule has 0 amide bonds. The highest BCUT2D eigenvalue weighted by atomic mass is 16.4. The number of aliphatic imine (C=N–C) groups is 1. The Morgan fingerprint density at radius 3 is 2.62 bits per heavy atom. The van der Waals surface area contributed by atoms with Crippen LogP contribution in [0.15, 0.2) is 46.7 Å². The van der Waals surface area contributed by atoms with E-state index >= 15 is 0 Å². The van der Waals surface area contributed by atoms with Crippen molar-refractivity contribution in [1.82, 2.24) is 0 Å². The molecule has 21 heavy (non-hydrogen) atoms. The summed E-state index contributed by atoms with van der Waals surface area (Å²) in [6.45, 7) is 0.0987. The molecule has 1 aromatic rings. The maximum atomic E-state index is 12.1. The summed E-state index contributed by atoms with van der Waals surface area (Å²) in [5, 5.41) is 18.5. The summed E-state index contributed by atoms with van der Waals surface area (Å²) < 4.78 is 0. The minimum Gasteiger partial charge on any atom is -0.511 e. The number of carbonyl (C=O) groups is 2. The normalized spacial score (nSPS) is 19.2. The number of aliphatic hydroxyl groups is 1. The van der Waals surface area contributed by atoms with Crippen LogP contribution in [0.2, 0.25) is 0 Å². The van der Waals surface area contributed by atoms with Gasteiger partial charge in [0, 0.05) is 25.6 Å². The predicted octanol–water partition coefficient (Wildman–Crippen LogP) is 2.49. The highest BCUT2D eigenvalue weighted by Crippen LogP contribution is 2.32. The second-order valence-corrected chi connectivity index (χ2v) is 4.98. The van der Waals surface area contributed by atoms with Gasteiger partial charge in [-0.25, -0.2) is 0 Å². The van der Waals surface area contributed by atoms with E-state index in [2.05, 4.69) is 4.99 Å². The molecular formula is C16H17NO4. The summed E-state index contributed by atoms with van der Waals surface area (Å²) >= 11 is 0. The second kappa shape index (κ2) is 6.83. The van der Waals surface area contributed by atoms with Crippen molar-refractivity contribution in [3.63, 3.8) is 0 Å². The van der Waals surface area contributed by atoms with Crippen LogP contribution in [-0.4, -0.2) is 34.7 Å². The Balaban J connectivity index is 2.07. The van der Waals surface area contributed by atoms with Crippen LogP contribution in [0.1, 0.15) is 30.7 Å². The molecule has 0 radical (unpaired) electrons. The largest absolute Gasteiger partial charge is 0.511 e. The molecule has 1 aromatic carbocycles. The van der Waals surface area contributed by atoms with Gasteiger partial charge in [-0.1, -0.05) is 30.3 Å². The molecule has 2 rings (SSSR count). The minimum absolute atomic E-state index is 0.0186. The van der Waals surface area contributed by atoms with Crippen molar-refractivity contribution in [3.05, 3.63) is 47.2 Å². The average molecular weight is 287 g/mol. The van der Waals surface area contributed by atoms with Gasteiger partial charge in [-0.2, -0.15) is 0 Å². The topological polar surface area (TPSA) is 87.0 Å². The smallest absolute Gasteiger partial charge is 0.305 e. The quantitative estimate of drug-likeness (QED) is 0.814. The highest BCUT2D eigenvalue weighted by Gasteiger charge is 2.27. The Morgan fingerprint density at radius 2 is 2.00 bits per heavy atom. The Labute approximate surface area is 122 Å². The molecule has 0 fully saturated rings. The number of hydrogen-bond donors (Lipinski definition) is 2. The van der Waals surface area contributed by atoms with E-state index in [-0.39, 0.29) is 36.0 Å². The van der Waals surface area contributed by atoms with Crippen LogP contribution in [0.5, 0.6) is 0 Å². The van der Waals surface area contributed by atoms with Gasteiger partial charge in [-0.05, 0) is 11.5 Å². The monoisotopic (exact) mass is 287 g/mol. The molecule has 1 aliphatic carbocycles. The molecule has 0 saturated heterocycles. The van der Waals surface area contributed by atoms with Crippen LogP contribution in [0.4, 0.5) is 0 Å². The Kier molecular flexibility index (Phi) is 4.87. The zero-order valence-corrected chi connectivity index (χ0v) is 11.5. The molecule has 5 heteroatoms. The number of nitrogens with zero attached hydrogens (tertiary/aromatic N) is 1. The van der Waals surface area contributed by atoms with Gasteiger partial charge >= 0.3 is 5.97 Å². The first-order chi connectivity index (χ1) is 10.1. The number of carboxylic acids is 1. The zero-order chi connectivity index (χ0) is 15.2. The van der Waals surface area contributed by atoms with Crippen molar-refractivity contribution in [1.29, 1.82) is 0 Å². The molecule has 5 nitrogen and oxygen atoms in total. The fourth-order valence-electron chi connectivity index (χ4n) is 2.33. The van der Waals surface area contributed by atoms with Crippen molar-refractivity contribution in [2.45, 2.75) is 25.2 Å². The van der Waals surface area contributed by atoms with Crippen molar-refractivity contribution in [2.24, 2.45) is 4.99 Å². The fraction of sp³-hybridized carbons (Fsp3) is 0.312. The van der Waals surface area contributed by atoms with Crippen molar-refractivity contribution >= 4 is 18.0 Å². The molecule has 0 aliphatic heterocycles. The lowest BCUT2D eigenvalue weighted by Crippen LogP contribution is -2.19. The maximum absolute atomic E-state index is 12.1. The van der Waals surface area contributed by atoms with Crippen molar-refractivity contribution < 1.29 is 19.8 Å². The van der Waals surface area contributed by atoms with Crippen LogP contribution in [0.3, 0.4) is 0 Å².